The topological polar surface area (TPSA) is 64.6 Å². The van der Waals surface area contributed by atoms with Crippen molar-refractivity contribution in [3.05, 3.63) is 58.4 Å². The fourth-order valence-corrected chi connectivity index (χ4v) is 2.84. The smallest absolute Gasteiger partial charge is 0.336 e. The predicted molar refractivity (Wildman–Crippen MR) is 91.3 cm³/mol. The van der Waals surface area contributed by atoms with Crippen molar-refractivity contribution >= 4 is 11.9 Å². The van der Waals surface area contributed by atoms with Gasteiger partial charge < -0.3 is 14.8 Å². The summed E-state index contributed by atoms with van der Waals surface area (Å²) in [5, 5.41) is 2.70. The van der Waals surface area contributed by atoms with Gasteiger partial charge in [-0.05, 0) is 24.3 Å². The van der Waals surface area contributed by atoms with Crippen molar-refractivity contribution in [1.29, 1.82) is 0 Å². The number of nitrogens with one attached hydrogen (secondary N) is 1. The lowest BCUT2D eigenvalue weighted by molar-refractivity contribution is -0.136. The van der Waals surface area contributed by atoms with Gasteiger partial charge in [0, 0.05) is 7.85 Å². The number of ether oxygens (including phenoxy) is 2. The van der Waals surface area contributed by atoms with E-state index in [0.717, 1.165) is 5.92 Å². The van der Waals surface area contributed by atoms with Crippen molar-refractivity contribution in [2.24, 2.45) is 0 Å². The molecule has 1 N–H and O–H groups in total. The van der Waals surface area contributed by atoms with E-state index in [1.165, 1.54) is 25.5 Å². The molecule has 0 amide bonds. The summed E-state index contributed by atoms with van der Waals surface area (Å²) in [6, 6.07) is 10.8. The van der Waals surface area contributed by atoms with Crippen molar-refractivity contribution in [2.45, 2.75) is 25.2 Å². The predicted octanol–water partition coefficient (Wildman–Crippen LogP) is 3.00. The van der Waals surface area contributed by atoms with Crippen LogP contribution in [-0.4, -0.2) is 32.3 Å². The third-order valence-corrected chi connectivity index (χ3v) is 4.39. The Morgan fingerprint density at radius 2 is 2.08 bits per heavy atom. The molecule has 25 heavy (non-hydrogen) atoms. The molecule has 0 radical (unpaired) electrons. The first kappa shape index (κ1) is 17.2. The summed E-state index contributed by atoms with van der Waals surface area (Å²) >= 11 is 0. The summed E-state index contributed by atoms with van der Waals surface area (Å²) in [4.78, 5) is 22.6. The number of carbonyl (C=O) groups is 2. The van der Waals surface area contributed by atoms with Crippen LogP contribution >= 0.6 is 0 Å². The highest BCUT2D eigenvalue weighted by atomic mass is 19.1. The summed E-state index contributed by atoms with van der Waals surface area (Å²) < 4.78 is 22.0. The normalized spacial score (nSPS) is 18.7. The maximum Gasteiger partial charge on any atom is 0.336 e. The van der Waals surface area contributed by atoms with E-state index >= 15 is 0 Å². The Bertz CT molecular complexity index is 741. The number of hydrogen-bond donors (Lipinski definition) is 1. The minimum absolute atomic E-state index is 0. The third-order valence-electron chi connectivity index (χ3n) is 4.39. The van der Waals surface area contributed by atoms with Gasteiger partial charge in [-0.2, -0.15) is 0 Å². The maximum atomic E-state index is 12.7. The zero-order valence-corrected chi connectivity index (χ0v) is 14.0. The van der Waals surface area contributed by atoms with Gasteiger partial charge in [-0.25, -0.2) is 14.0 Å². The first-order valence-corrected chi connectivity index (χ1v) is 8.21. The maximum absolute atomic E-state index is 12.7. The lowest BCUT2D eigenvalue weighted by Gasteiger charge is -2.18. The molecule has 2 heterocycles. The molecule has 1 aliphatic carbocycles. The molecule has 1 aromatic rings. The van der Waals surface area contributed by atoms with E-state index in [1.807, 2.05) is 0 Å². The number of benzene rings is 1. The van der Waals surface area contributed by atoms with Crippen molar-refractivity contribution in [3.8, 4) is 0 Å². The van der Waals surface area contributed by atoms with Crippen LogP contribution in [0.2, 0.25) is 0 Å². The molecule has 5 nitrogen and oxygen atoms in total. The molecule has 1 aromatic carbocycles. The highest BCUT2D eigenvalue weighted by Gasteiger charge is 2.33. The van der Waals surface area contributed by atoms with Gasteiger partial charge in [-0.1, -0.05) is 30.3 Å². The summed E-state index contributed by atoms with van der Waals surface area (Å²) in [7, 11) is 1.21. The van der Waals surface area contributed by atoms with Gasteiger partial charge in [0.25, 0.3) is 0 Å². The van der Waals surface area contributed by atoms with Gasteiger partial charge in [0.2, 0.25) is 0 Å². The zero-order valence-electron chi connectivity index (χ0n) is 14.0. The van der Waals surface area contributed by atoms with E-state index in [-0.39, 0.29) is 25.7 Å². The van der Waals surface area contributed by atoms with Crippen LogP contribution in [0, 0.1) is 0 Å². The number of rotatable bonds is 3. The number of dihydropyridines is 1. The number of alkyl halides is 1. The van der Waals surface area contributed by atoms with E-state index in [1.54, 1.807) is 0 Å². The molecule has 3 aliphatic rings. The number of hydrogen-bond acceptors (Lipinski definition) is 5. The Labute approximate surface area is 147 Å². The van der Waals surface area contributed by atoms with E-state index in [0.29, 0.717) is 11.3 Å². The van der Waals surface area contributed by atoms with Gasteiger partial charge in [0.05, 0.1) is 29.7 Å². The second-order valence-corrected chi connectivity index (χ2v) is 6.10. The molecule has 0 unspecified atom stereocenters. The molecule has 6 heteroatoms. The largest absolute Gasteiger partial charge is 0.466 e. The molecule has 0 atom stereocenters. The Hall–Kier alpha value is -2.63. The van der Waals surface area contributed by atoms with Crippen molar-refractivity contribution in [3.63, 3.8) is 0 Å². The van der Waals surface area contributed by atoms with Gasteiger partial charge in [0.15, 0.2) is 0 Å². The van der Waals surface area contributed by atoms with Crippen LogP contribution in [-0.2, 0) is 19.1 Å². The summed E-state index contributed by atoms with van der Waals surface area (Å²) in [5.74, 6) is -0.195. The van der Waals surface area contributed by atoms with Crippen molar-refractivity contribution in [1.82, 2.24) is 5.32 Å². The van der Waals surface area contributed by atoms with Gasteiger partial charge >= 0.3 is 11.9 Å². The Kier molecular flexibility index (Phi) is 5.16. The Morgan fingerprint density at radius 3 is 2.68 bits per heavy atom. The fraction of sp³-hybridized carbons (Fsp3) is 0.368. The van der Waals surface area contributed by atoms with Crippen molar-refractivity contribution in [2.75, 3.05) is 20.4 Å². The standard InChI is InChI=1S/C10H10FNO4.C9H10.H2/c1-15-9(13)5-2-6-8(4-16-10(6)14)12-7(5)3-11;1-2-4-8(5-3-1)9-6-7-9;/h12H,2-4H2,1H3;1-5,9H,6-7H2;1H. The highest BCUT2D eigenvalue weighted by molar-refractivity contribution is 5.98. The average Bonchev–Trinajstić information content (AvgIpc) is 3.45. The second kappa shape index (κ2) is 7.51. The zero-order chi connectivity index (χ0) is 17.8. The van der Waals surface area contributed by atoms with E-state index < -0.39 is 18.6 Å². The number of halogens is 1. The first-order chi connectivity index (χ1) is 12.1. The number of cyclic esters (lactones) is 1. The molecular weight excluding hydrogens is 325 g/mol. The minimum atomic E-state index is -0.810. The Balaban J connectivity index is 0.000000206. The van der Waals surface area contributed by atoms with Gasteiger partial charge in [0.1, 0.15) is 13.3 Å². The molecule has 1 fully saturated rings. The van der Waals surface area contributed by atoms with Crippen LogP contribution in [0.4, 0.5) is 4.39 Å². The third kappa shape index (κ3) is 3.90. The van der Waals surface area contributed by atoms with Crippen LogP contribution in [0.3, 0.4) is 0 Å². The molecule has 0 aromatic heterocycles. The van der Waals surface area contributed by atoms with Crippen molar-refractivity contribution < 1.29 is 24.9 Å². The second-order valence-electron chi connectivity index (χ2n) is 6.10. The number of methoxy groups -OCH3 is 1. The molecule has 0 spiro atoms. The number of allylic oxidation sites excluding steroid dienone is 1. The first-order valence-electron chi connectivity index (χ1n) is 8.21. The van der Waals surface area contributed by atoms with Crippen LogP contribution in [0.15, 0.2) is 52.9 Å². The average molecular weight is 347 g/mol. The van der Waals surface area contributed by atoms with E-state index in [2.05, 4.69) is 40.4 Å². The van der Waals surface area contributed by atoms with Crippen LogP contribution in [0.5, 0.6) is 0 Å². The highest BCUT2D eigenvalue weighted by Crippen LogP contribution is 2.39. The molecule has 1 saturated carbocycles. The summed E-state index contributed by atoms with van der Waals surface area (Å²) in [6.45, 7) is -0.707. The van der Waals surface area contributed by atoms with Crippen LogP contribution in [0.1, 0.15) is 32.2 Å². The molecule has 0 saturated heterocycles. The molecular formula is C19H22FNO4. The van der Waals surface area contributed by atoms with Gasteiger partial charge in [-0.15, -0.1) is 0 Å². The number of esters is 2. The number of carbonyl (C=O) groups excluding carboxylic acids is 2. The summed E-state index contributed by atoms with van der Waals surface area (Å²) in [6.07, 6.45) is 2.88. The Morgan fingerprint density at radius 1 is 1.36 bits per heavy atom. The molecule has 2 aliphatic heterocycles. The van der Waals surface area contributed by atoms with Crippen LogP contribution < -0.4 is 5.32 Å². The lowest BCUT2D eigenvalue weighted by Crippen LogP contribution is -2.26. The van der Waals surface area contributed by atoms with E-state index in [9.17, 15) is 14.0 Å². The molecule has 134 valence electrons. The lowest BCUT2D eigenvalue weighted by atomic mass is 9.99. The quantitative estimate of drug-likeness (QED) is 0.852. The SMILES string of the molecule is COC(=O)C1=C(CF)NC2=C(C1)C(=O)OC2.[HH].c1ccc(C2CC2)cc1. The van der Waals surface area contributed by atoms with E-state index in [4.69, 9.17) is 4.74 Å². The molecule has 4 rings (SSSR count). The summed E-state index contributed by atoms with van der Waals surface area (Å²) in [5.41, 5.74) is 2.71. The van der Waals surface area contributed by atoms with Crippen LogP contribution in [0.25, 0.3) is 0 Å². The molecule has 0 bridgehead atoms. The monoisotopic (exact) mass is 347 g/mol. The minimum Gasteiger partial charge on any atom is -0.466 e. The fourth-order valence-electron chi connectivity index (χ4n) is 2.84. The van der Waals surface area contributed by atoms with Gasteiger partial charge in [-0.3, -0.25) is 0 Å².